The Balaban J connectivity index is 2.11. The molecule has 1 atom stereocenters. The van der Waals surface area contributed by atoms with Crippen LogP contribution >= 0.6 is 0 Å². The molecule has 0 saturated carbocycles. The minimum absolute atomic E-state index is 0.186. The van der Waals surface area contributed by atoms with Crippen LogP contribution in [0.1, 0.15) is 12.5 Å². The smallest absolute Gasteiger partial charge is 0.154 e. The van der Waals surface area contributed by atoms with Gasteiger partial charge in [-0.1, -0.05) is 0 Å². The van der Waals surface area contributed by atoms with E-state index in [1.54, 1.807) is 0 Å². The molecule has 1 aliphatic rings. The third-order valence-electron chi connectivity index (χ3n) is 3.76. The third-order valence-corrected chi connectivity index (χ3v) is 3.76. The summed E-state index contributed by atoms with van der Waals surface area (Å²) in [6.45, 7) is 5.68. The standard InChI is InChI=1S/C15H19N5/c1-11-5-8-17-10-14(11)20-12(2)19(9-6-16)15-13(20)4-3-7-18-15/h3-5,7-8,10,12H,6,9,16H2,1-2H3/t12-/m0/s1. The van der Waals surface area contributed by atoms with E-state index >= 15 is 0 Å². The van der Waals surface area contributed by atoms with Gasteiger partial charge in [-0.15, -0.1) is 0 Å². The molecular formula is C15H19N5. The zero-order valence-electron chi connectivity index (χ0n) is 11.8. The first-order valence-electron chi connectivity index (χ1n) is 6.85. The lowest BCUT2D eigenvalue weighted by molar-refractivity contribution is 0.669. The van der Waals surface area contributed by atoms with Crippen molar-refractivity contribution in [2.45, 2.75) is 20.0 Å². The molecule has 0 unspecified atom stereocenters. The topological polar surface area (TPSA) is 58.3 Å². The molecule has 0 amide bonds. The quantitative estimate of drug-likeness (QED) is 0.924. The van der Waals surface area contributed by atoms with E-state index in [0.29, 0.717) is 6.54 Å². The number of aromatic nitrogens is 2. The summed E-state index contributed by atoms with van der Waals surface area (Å²) >= 11 is 0. The average molecular weight is 269 g/mol. The minimum Gasteiger partial charge on any atom is -0.333 e. The van der Waals surface area contributed by atoms with Crippen LogP contribution in [0.25, 0.3) is 0 Å². The van der Waals surface area contributed by atoms with Gasteiger partial charge in [0.25, 0.3) is 0 Å². The predicted molar refractivity (Wildman–Crippen MR) is 81.2 cm³/mol. The van der Waals surface area contributed by atoms with Crippen molar-refractivity contribution in [1.29, 1.82) is 0 Å². The van der Waals surface area contributed by atoms with Gasteiger partial charge in [0.05, 0.1) is 17.6 Å². The van der Waals surface area contributed by atoms with Gasteiger partial charge in [-0.25, -0.2) is 4.98 Å². The van der Waals surface area contributed by atoms with Gasteiger partial charge in [0.2, 0.25) is 0 Å². The molecule has 0 saturated heterocycles. The molecule has 5 heteroatoms. The van der Waals surface area contributed by atoms with Crippen molar-refractivity contribution < 1.29 is 0 Å². The first-order chi connectivity index (χ1) is 9.74. The maximum absolute atomic E-state index is 5.74. The van der Waals surface area contributed by atoms with E-state index < -0.39 is 0 Å². The van der Waals surface area contributed by atoms with E-state index in [-0.39, 0.29) is 6.17 Å². The molecule has 2 aromatic rings. The van der Waals surface area contributed by atoms with Gasteiger partial charge < -0.3 is 15.5 Å². The van der Waals surface area contributed by atoms with Crippen LogP contribution in [0.4, 0.5) is 17.2 Å². The fourth-order valence-corrected chi connectivity index (χ4v) is 2.79. The summed E-state index contributed by atoms with van der Waals surface area (Å²) in [5.41, 5.74) is 9.18. The summed E-state index contributed by atoms with van der Waals surface area (Å²) < 4.78 is 0. The van der Waals surface area contributed by atoms with Gasteiger partial charge in [0, 0.05) is 25.5 Å². The van der Waals surface area contributed by atoms with Crippen molar-refractivity contribution >= 4 is 17.2 Å². The van der Waals surface area contributed by atoms with Gasteiger partial charge in [0.1, 0.15) is 6.17 Å². The van der Waals surface area contributed by atoms with Crippen molar-refractivity contribution in [3.63, 3.8) is 0 Å². The molecule has 0 bridgehead atoms. The Hall–Kier alpha value is -2.14. The molecule has 5 nitrogen and oxygen atoms in total. The largest absolute Gasteiger partial charge is 0.333 e. The molecular weight excluding hydrogens is 250 g/mol. The molecule has 3 heterocycles. The monoisotopic (exact) mass is 269 g/mol. The average Bonchev–Trinajstić information content (AvgIpc) is 2.73. The molecule has 0 spiro atoms. The lowest BCUT2D eigenvalue weighted by Gasteiger charge is -2.30. The summed E-state index contributed by atoms with van der Waals surface area (Å²) in [6.07, 6.45) is 5.75. The number of nitrogens with two attached hydrogens (primary N) is 1. The van der Waals surface area contributed by atoms with Crippen LogP contribution in [0.3, 0.4) is 0 Å². The Labute approximate surface area is 119 Å². The maximum Gasteiger partial charge on any atom is 0.154 e. The van der Waals surface area contributed by atoms with Crippen LogP contribution in [-0.2, 0) is 0 Å². The first-order valence-corrected chi connectivity index (χ1v) is 6.85. The van der Waals surface area contributed by atoms with Crippen molar-refractivity contribution in [1.82, 2.24) is 9.97 Å². The van der Waals surface area contributed by atoms with E-state index in [0.717, 1.165) is 23.7 Å². The van der Waals surface area contributed by atoms with Crippen LogP contribution < -0.4 is 15.5 Å². The molecule has 0 aromatic carbocycles. The number of hydrogen-bond acceptors (Lipinski definition) is 5. The van der Waals surface area contributed by atoms with E-state index in [9.17, 15) is 0 Å². The van der Waals surface area contributed by atoms with E-state index in [4.69, 9.17) is 5.73 Å². The van der Waals surface area contributed by atoms with Crippen LogP contribution in [0, 0.1) is 6.92 Å². The number of anilines is 3. The second-order valence-electron chi connectivity index (χ2n) is 4.99. The van der Waals surface area contributed by atoms with E-state index in [2.05, 4.69) is 39.7 Å². The number of nitrogens with zero attached hydrogens (tertiary/aromatic N) is 4. The summed E-state index contributed by atoms with van der Waals surface area (Å²) in [5, 5.41) is 0. The van der Waals surface area contributed by atoms with Crippen LogP contribution in [0.2, 0.25) is 0 Å². The lowest BCUT2D eigenvalue weighted by Crippen LogP contribution is -2.41. The first kappa shape index (κ1) is 12.9. The minimum atomic E-state index is 0.186. The SMILES string of the molecule is Cc1ccncc1N1c2cccnc2N(CCN)[C@@H]1C. The van der Waals surface area contributed by atoms with Gasteiger partial charge in [-0.3, -0.25) is 4.98 Å². The number of fused-ring (bicyclic) bond motifs is 1. The molecule has 20 heavy (non-hydrogen) atoms. The molecule has 2 aromatic heterocycles. The van der Waals surface area contributed by atoms with Gasteiger partial charge in [-0.2, -0.15) is 0 Å². The van der Waals surface area contributed by atoms with Crippen molar-refractivity contribution in [2.75, 3.05) is 22.9 Å². The van der Waals surface area contributed by atoms with Crippen LogP contribution in [-0.4, -0.2) is 29.2 Å². The normalized spacial score (nSPS) is 17.4. The summed E-state index contributed by atoms with van der Waals surface area (Å²) in [7, 11) is 0. The number of pyridine rings is 2. The molecule has 0 aliphatic carbocycles. The second kappa shape index (κ2) is 5.09. The highest BCUT2D eigenvalue weighted by molar-refractivity contribution is 5.81. The van der Waals surface area contributed by atoms with E-state index in [1.807, 2.05) is 30.7 Å². The zero-order chi connectivity index (χ0) is 14.1. The lowest BCUT2D eigenvalue weighted by atomic mass is 10.2. The summed E-state index contributed by atoms with van der Waals surface area (Å²) in [6, 6.07) is 6.10. The molecule has 104 valence electrons. The Morgan fingerprint density at radius 3 is 2.85 bits per heavy atom. The fraction of sp³-hybridized carbons (Fsp3) is 0.333. The van der Waals surface area contributed by atoms with Gasteiger partial charge >= 0.3 is 0 Å². The maximum atomic E-state index is 5.74. The number of hydrogen-bond donors (Lipinski definition) is 1. The summed E-state index contributed by atoms with van der Waals surface area (Å²) in [4.78, 5) is 13.3. The van der Waals surface area contributed by atoms with Crippen LogP contribution in [0.5, 0.6) is 0 Å². The Bertz CT molecular complexity index is 613. The second-order valence-corrected chi connectivity index (χ2v) is 4.99. The highest BCUT2D eigenvalue weighted by atomic mass is 15.4. The predicted octanol–water partition coefficient (Wildman–Crippen LogP) is 2.05. The zero-order valence-corrected chi connectivity index (χ0v) is 11.8. The van der Waals surface area contributed by atoms with Crippen molar-refractivity contribution in [2.24, 2.45) is 5.73 Å². The number of rotatable bonds is 3. The van der Waals surface area contributed by atoms with Gasteiger partial charge in [0.15, 0.2) is 5.82 Å². The number of aryl methyl sites for hydroxylation is 1. The highest BCUT2D eigenvalue weighted by Crippen LogP contribution is 2.42. The van der Waals surface area contributed by atoms with Crippen LogP contribution in [0.15, 0.2) is 36.8 Å². The molecule has 2 N–H and O–H groups in total. The molecule has 0 fully saturated rings. The highest BCUT2D eigenvalue weighted by Gasteiger charge is 2.34. The van der Waals surface area contributed by atoms with Crippen molar-refractivity contribution in [3.8, 4) is 0 Å². The Kier molecular flexibility index (Phi) is 3.28. The summed E-state index contributed by atoms with van der Waals surface area (Å²) in [5.74, 6) is 0.994. The molecule has 3 rings (SSSR count). The third kappa shape index (κ3) is 1.91. The van der Waals surface area contributed by atoms with E-state index in [1.165, 1.54) is 5.56 Å². The Morgan fingerprint density at radius 1 is 1.25 bits per heavy atom. The molecule has 1 aliphatic heterocycles. The molecule has 0 radical (unpaired) electrons. The van der Waals surface area contributed by atoms with Gasteiger partial charge in [-0.05, 0) is 37.6 Å². The van der Waals surface area contributed by atoms with Crippen molar-refractivity contribution in [3.05, 3.63) is 42.4 Å². The fourth-order valence-electron chi connectivity index (χ4n) is 2.79. The Morgan fingerprint density at radius 2 is 2.10 bits per heavy atom.